The van der Waals surface area contributed by atoms with Gasteiger partial charge in [0.25, 0.3) is 0 Å². The monoisotopic (exact) mass is 368 g/mol. The van der Waals surface area contributed by atoms with Crippen LogP contribution in [0.15, 0.2) is 42.5 Å². The zero-order valence-electron chi connectivity index (χ0n) is 17.1. The average Bonchev–Trinajstić information content (AvgIpc) is 2.69. The molecule has 0 spiro atoms. The summed E-state index contributed by atoms with van der Waals surface area (Å²) in [6.07, 6.45) is 18.4. The Morgan fingerprint density at radius 3 is 2.33 bits per heavy atom. The molecular weight excluding hydrogens is 332 g/mol. The van der Waals surface area contributed by atoms with Gasteiger partial charge in [0, 0.05) is 0 Å². The lowest BCUT2D eigenvalue weighted by molar-refractivity contribution is -0.130. The maximum atomic E-state index is 11.6. The number of carboxylic acids is 1. The standard InChI is InChI=1S/C25H36O2/c1-3-5-7-9-11-24(25(26)27)23-18-16-22(17-19-23)21-14-12-20(13-15-21)10-8-6-4-2/h7,9,11,16-21H,3-6,8,10,12-15H2,1-2H3,(H,26,27)/t20-,21-. The quantitative estimate of drug-likeness (QED) is 0.266. The van der Waals surface area contributed by atoms with Crippen molar-refractivity contribution in [2.45, 2.75) is 84.0 Å². The number of hydrogen-bond donors (Lipinski definition) is 1. The number of rotatable bonds is 10. The van der Waals surface area contributed by atoms with Gasteiger partial charge < -0.3 is 5.11 Å². The first kappa shape index (κ1) is 21.5. The summed E-state index contributed by atoms with van der Waals surface area (Å²) in [5, 5.41) is 9.52. The maximum absolute atomic E-state index is 11.6. The molecular formula is C25H36O2. The number of benzene rings is 1. The molecule has 0 unspecified atom stereocenters. The second kappa shape index (κ2) is 11.8. The van der Waals surface area contributed by atoms with Crippen LogP contribution < -0.4 is 0 Å². The van der Waals surface area contributed by atoms with Crippen molar-refractivity contribution in [1.82, 2.24) is 0 Å². The Balaban J connectivity index is 1.95. The minimum Gasteiger partial charge on any atom is -0.478 e. The van der Waals surface area contributed by atoms with Gasteiger partial charge in [-0.05, 0) is 61.1 Å². The molecule has 1 saturated carbocycles. The molecule has 2 heteroatoms. The van der Waals surface area contributed by atoms with Crippen LogP contribution in [-0.2, 0) is 4.79 Å². The van der Waals surface area contributed by atoms with Gasteiger partial charge in [-0.2, -0.15) is 0 Å². The van der Waals surface area contributed by atoms with Crippen LogP contribution in [0.1, 0.15) is 95.1 Å². The van der Waals surface area contributed by atoms with Crippen LogP contribution >= 0.6 is 0 Å². The molecule has 1 N–H and O–H groups in total. The third-order valence-corrected chi connectivity index (χ3v) is 5.84. The summed E-state index contributed by atoms with van der Waals surface area (Å²) in [6, 6.07) is 8.25. The van der Waals surface area contributed by atoms with E-state index in [9.17, 15) is 9.90 Å². The van der Waals surface area contributed by atoms with Gasteiger partial charge in [0.1, 0.15) is 0 Å². The highest BCUT2D eigenvalue weighted by Gasteiger charge is 2.22. The summed E-state index contributed by atoms with van der Waals surface area (Å²) in [6.45, 7) is 4.39. The minimum atomic E-state index is -0.864. The second-order valence-corrected chi connectivity index (χ2v) is 7.94. The highest BCUT2D eigenvalue weighted by molar-refractivity contribution is 6.15. The van der Waals surface area contributed by atoms with Gasteiger partial charge in [0.2, 0.25) is 0 Å². The van der Waals surface area contributed by atoms with E-state index in [1.807, 2.05) is 24.3 Å². The van der Waals surface area contributed by atoms with Crippen molar-refractivity contribution in [2.24, 2.45) is 5.92 Å². The van der Waals surface area contributed by atoms with E-state index in [-0.39, 0.29) is 0 Å². The lowest BCUT2D eigenvalue weighted by Gasteiger charge is -2.29. The summed E-state index contributed by atoms with van der Waals surface area (Å²) in [7, 11) is 0. The largest absolute Gasteiger partial charge is 0.478 e. The van der Waals surface area contributed by atoms with E-state index in [4.69, 9.17) is 0 Å². The number of aliphatic carboxylic acids is 1. The third-order valence-electron chi connectivity index (χ3n) is 5.84. The summed E-state index contributed by atoms with van der Waals surface area (Å²) >= 11 is 0. The van der Waals surface area contributed by atoms with Crippen LogP contribution in [0.5, 0.6) is 0 Å². The van der Waals surface area contributed by atoms with Crippen molar-refractivity contribution < 1.29 is 9.90 Å². The van der Waals surface area contributed by atoms with Gasteiger partial charge in [0.05, 0.1) is 5.57 Å². The van der Waals surface area contributed by atoms with Gasteiger partial charge >= 0.3 is 5.97 Å². The lowest BCUT2D eigenvalue weighted by Crippen LogP contribution is -2.13. The van der Waals surface area contributed by atoms with E-state index >= 15 is 0 Å². The predicted molar refractivity (Wildman–Crippen MR) is 115 cm³/mol. The van der Waals surface area contributed by atoms with Crippen LogP contribution in [0.2, 0.25) is 0 Å². The van der Waals surface area contributed by atoms with Crippen molar-refractivity contribution in [2.75, 3.05) is 0 Å². The van der Waals surface area contributed by atoms with Gasteiger partial charge in [-0.1, -0.05) is 82.4 Å². The summed E-state index contributed by atoms with van der Waals surface area (Å²) in [5.74, 6) is 0.697. The maximum Gasteiger partial charge on any atom is 0.336 e. The predicted octanol–water partition coefficient (Wildman–Crippen LogP) is 7.37. The summed E-state index contributed by atoms with van der Waals surface area (Å²) in [5.41, 5.74) is 2.53. The summed E-state index contributed by atoms with van der Waals surface area (Å²) in [4.78, 5) is 11.6. The van der Waals surface area contributed by atoms with Gasteiger partial charge in [0.15, 0.2) is 0 Å². The Kier molecular flexibility index (Phi) is 9.38. The normalized spacial score (nSPS) is 20.9. The molecule has 0 aliphatic heterocycles. The molecule has 0 radical (unpaired) electrons. The number of carboxylic acid groups (broad SMARTS) is 1. The fraction of sp³-hybridized carbons (Fsp3) is 0.560. The SMILES string of the molecule is CCCC=CC=C(C(=O)O)c1ccc([C@H]2CC[C@H](CCCCC)CC2)cc1. The van der Waals surface area contributed by atoms with Crippen molar-refractivity contribution in [3.8, 4) is 0 Å². The first-order valence-electron chi connectivity index (χ1n) is 10.9. The molecule has 0 aromatic heterocycles. The number of unbranched alkanes of at least 4 members (excludes halogenated alkanes) is 3. The van der Waals surface area contributed by atoms with Crippen LogP contribution in [0.3, 0.4) is 0 Å². The van der Waals surface area contributed by atoms with Gasteiger partial charge in [-0.3, -0.25) is 0 Å². The van der Waals surface area contributed by atoms with Crippen molar-refractivity contribution in [3.05, 3.63) is 53.6 Å². The van der Waals surface area contributed by atoms with E-state index in [0.29, 0.717) is 11.5 Å². The zero-order valence-corrected chi connectivity index (χ0v) is 17.1. The molecule has 0 amide bonds. The van der Waals surface area contributed by atoms with Crippen LogP contribution in [0.4, 0.5) is 0 Å². The van der Waals surface area contributed by atoms with E-state index in [2.05, 4.69) is 26.0 Å². The Morgan fingerprint density at radius 1 is 1.04 bits per heavy atom. The average molecular weight is 369 g/mol. The molecule has 1 fully saturated rings. The van der Waals surface area contributed by atoms with Crippen molar-refractivity contribution >= 4 is 11.5 Å². The van der Waals surface area contributed by atoms with Crippen LogP contribution in [0, 0.1) is 5.92 Å². The highest BCUT2D eigenvalue weighted by Crippen LogP contribution is 2.38. The van der Waals surface area contributed by atoms with Crippen LogP contribution in [-0.4, -0.2) is 11.1 Å². The molecule has 1 aromatic rings. The van der Waals surface area contributed by atoms with Gasteiger partial charge in [-0.15, -0.1) is 0 Å². The van der Waals surface area contributed by atoms with E-state index in [1.54, 1.807) is 6.08 Å². The molecule has 2 rings (SSSR count). The van der Waals surface area contributed by atoms with E-state index in [0.717, 1.165) is 24.3 Å². The van der Waals surface area contributed by atoms with E-state index < -0.39 is 5.97 Å². The topological polar surface area (TPSA) is 37.3 Å². The first-order valence-corrected chi connectivity index (χ1v) is 10.9. The Labute approximate surface area is 165 Å². The molecule has 0 heterocycles. The minimum absolute atomic E-state index is 0.369. The lowest BCUT2D eigenvalue weighted by atomic mass is 9.77. The first-order chi connectivity index (χ1) is 13.2. The Bertz CT molecular complexity index is 616. The van der Waals surface area contributed by atoms with Crippen molar-refractivity contribution in [3.63, 3.8) is 0 Å². The fourth-order valence-corrected chi connectivity index (χ4v) is 4.12. The number of allylic oxidation sites excluding steroid dienone is 3. The molecule has 148 valence electrons. The molecule has 1 aliphatic carbocycles. The smallest absolute Gasteiger partial charge is 0.336 e. The van der Waals surface area contributed by atoms with Crippen molar-refractivity contribution in [1.29, 1.82) is 0 Å². The van der Waals surface area contributed by atoms with E-state index in [1.165, 1.54) is 56.9 Å². The Morgan fingerprint density at radius 2 is 1.74 bits per heavy atom. The highest BCUT2D eigenvalue weighted by atomic mass is 16.4. The number of hydrogen-bond acceptors (Lipinski definition) is 1. The fourth-order valence-electron chi connectivity index (χ4n) is 4.12. The molecule has 0 saturated heterocycles. The molecule has 1 aliphatic rings. The third kappa shape index (κ3) is 7.01. The molecule has 0 atom stereocenters. The molecule has 1 aromatic carbocycles. The molecule has 2 nitrogen and oxygen atoms in total. The van der Waals surface area contributed by atoms with Crippen LogP contribution in [0.25, 0.3) is 5.57 Å². The van der Waals surface area contributed by atoms with Gasteiger partial charge in [-0.25, -0.2) is 4.79 Å². The summed E-state index contributed by atoms with van der Waals surface area (Å²) < 4.78 is 0. The molecule has 27 heavy (non-hydrogen) atoms. The second-order valence-electron chi connectivity index (χ2n) is 7.94. The zero-order chi connectivity index (χ0) is 19.5. The Hall–Kier alpha value is -1.83. The molecule has 0 bridgehead atoms. The number of carbonyl (C=O) groups is 1.